The maximum atomic E-state index is 13.0. The second kappa shape index (κ2) is 9.91. The Morgan fingerprint density at radius 3 is 2.36 bits per heavy atom. The summed E-state index contributed by atoms with van der Waals surface area (Å²) in [4.78, 5) is 14.1. The molecule has 0 aromatic heterocycles. The Bertz CT molecular complexity index is 904. The summed E-state index contributed by atoms with van der Waals surface area (Å²) in [7, 11) is -2.20. The average molecular weight is 425 g/mol. The monoisotopic (exact) mass is 424 g/mol. The molecule has 0 unspecified atom stereocenters. The molecule has 28 heavy (non-hydrogen) atoms. The molecule has 2 rings (SSSR count). The Hall–Kier alpha value is -2.09. The molecule has 0 radical (unpaired) electrons. The summed E-state index contributed by atoms with van der Waals surface area (Å²) in [6.07, 6.45) is 0. The third kappa shape index (κ3) is 5.47. The van der Waals surface area contributed by atoms with E-state index in [0.29, 0.717) is 18.9 Å². The molecule has 0 saturated heterocycles. The molecule has 0 spiro atoms. The molecule has 0 saturated carbocycles. The topological polar surface area (TPSA) is 66.9 Å². The fourth-order valence-electron chi connectivity index (χ4n) is 2.65. The lowest BCUT2D eigenvalue weighted by Crippen LogP contribution is -2.41. The Kier molecular flexibility index (Phi) is 7.86. The van der Waals surface area contributed by atoms with Gasteiger partial charge in [0.05, 0.1) is 23.1 Å². The van der Waals surface area contributed by atoms with Gasteiger partial charge in [0.2, 0.25) is 15.9 Å². The highest BCUT2D eigenvalue weighted by atomic mass is 35.5. The van der Waals surface area contributed by atoms with Crippen LogP contribution >= 0.6 is 11.6 Å². The first-order chi connectivity index (χ1) is 13.3. The van der Waals surface area contributed by atoms with E-state index in [-0.39, 0.29) is 28.9 Å². The second-order valence-electron chi connectivity index (χ2n) is 6.19. The smallest absolute Gasteiger partial charge is 0.243 e. The van der Waals surface area contributed by atoms with Crippen molar-refractivity contribution >= 4 is 27.5 Å². The van der Waals surface area contributed by atoms with Gasteiger partial charge in [-0.25, -0.2) is 8.42 Å². The van der Waals surface area contributed by atoms with Crippen LogP contribution in [0.25, 0.3) is 0 Å². The number of rotatable bonds is 9. The molecular formula is C20H25ClN2O4S. The number of benzene rings is 2. The van der Waals surface area contributed by atoms with Gasteiger partial charge in [0, 0.05) is 20.1 Å². The van der Waals surface area contributed by atoms with Crippen molar-refractivity contribution in [1.29, 1.82) is 0 Å². The lowest BCUT2D eigenvalue weighted by Gasteiger charge is -2.24. The highest BCUT2D eigenvalue weighted by Crippen LogP contribution is 2.28. The zero-order chi connectivity index (χ0) is 20.7. The van der Waals surface area contributed by atoms with E-state index < -0.39 is 10.0 Å². The Morgan fingerprint density at radius 2 is 1.79 bits per heavy atom. The molecule has 152 valence electrons. The average Bonchev–Trinajstić information content (AvgIpc) is 2.68. The molecule has 0 N–H and O–H groups in total. The fraction of sp³-hybridized carbons (Fsp3) is 0.350. The summed E-state index contributed by atoms with van der Waals surface area (Å²) in [6, 6.07) is 13.8. The summed E-state index contributed by atoms with van der Waals surface area (Å²) in [5.74, 6) is 0.135. The molecule has 2 aromatic carbocycles. The van der Waals surface area contributed by atoms with Gasteiger partial charge in [-0.15, -0.1) is 0 Å². The summed E-state index contributed by atoms with van der Waals surface area (Å²) < 4.78 is 32.4. The van der Waals surface area contributed by atoms with Gasteiger partial charge in [-0.05, 0) is 30.7 Å². The Morgan fingerprint density at radius 1 is 1.11 bits per heavy atom. The molecular weight excluding hydrogens is 400 g/mol. The van der Waals surface area contributed by atoms with E-state index in [0.717, 1.165) is 9.87 Å². The number of likely N-dealkylation sites (N-methyl/N-ethyl adjacent to an activating group) is 2. The molecule has 6 nitrogen and oxygen atoms in total. The van der Waals surface area contributed by atoms with Crippen LogP contribution < -0.4 is 4.74 Å². The van der Waals surface area contributed by atoms with Gasteiger partial charge in [-0.1, -0.05) is 48.9 Å². The van der Waals surface area contributed by atoms with Gasteiger partial charge < -0.3 is 9.64 Å². The van der Waals surface area contributed by atoms with E-state index in [1.165, 1.54) is 23.1 Å². The predicted molar refractivity (Wildman–Crippen MR) is 110 cm³/mol. The predicted octanol–water partition coefficient (Wildman–Crippen LogP) is 3.41. The summed E-state index contributed by atoms with van der Waals surface area (Å²) >= 11 is 6.13. The standard InChI is InChI=1S/C20H25ClN2O4S/c1-4-23(15-20(24)22(3)14-16-9-7-6-8-10-16)28(25,26)17-11-12-19(27-5-2)18(21)13-17/h6-13H,4-5,14-15H2,1-3H3. The van der Waals surface area contributed by atoms with Crippen molar-refractivity contribution in [2.75, 3.05) is 26.7 Å². The molecule has 0 aliphatic heterocycles. The van der Waals surface area contributed by atoms with Crippen LogP contribution in [0.5, 0.6) is 5.75 Å². The van der Waals surface area contributed by atoms with Crippen LogP contribution in [0.2, 0.25) is 5.02 Å². The number of amides is 1. The Balaban J connectivity index is 2.14. The molecule has 0 aliphatic carbocycles. The van der Waals surface area contributed by atoms with E-state index in [1.54, 1.807) is 14.0 Å². The van der Waals surface area contributed by atoms with Crippen molar-refractivity contribution in [2.45, 2.75) is 25.3 Å². The van der Waals surface area contributed by atoms with E-state index in [1.807, 2.05) is 37.3 Å². The number of sulfonamides is 1. The number of carbonyl (C=O) groups excluding carboxylic acids is 1. The minimum atomic E-state index is -3.86. The van der Waals surface area contributed by atoms with Crippen molar-refractivity contribution in [2.24, 2.45) is 0 Å². The number of hydrogen-bond acceptors (Lipinski definition) is 4. The number of ether oxygens (including phenoxy) is 1. The van der Waals surface area contributed by atoms with Crippen molar-refractivity contribution in [3.63, 3.8) is 0 Å². The van der Waals surface area contributed by atoms with Gasteiger partial charge in [0.15, 0.2) is 0 Å². The first kappa shape index (κ1) is 22.2. The zero-order valence-electron chi connectivity index (χ0n) is 16.3. The number of nitrogens with zero attached hydrogens (tertiary/aromatic N) is 2. The number of carbonyl (C=O) groups is 1. The van der Waals surface area contributed by atoms with Gasteiger partial charge in [-0.2, -0.15) is 4.31 Å². The molecule has 0 heterocycles. The van der Waals surface area contributed by atoms with Gasteiger partial charge in [0.25, 0.3) is 0 Å². The van der Waals surface area contributed by atoms with Crippen LogP contribution in [0, 0.1) is 0 Å². The summed E-state index contributed by atoms with van der Waals surface area (Å²) in [6.45, 7) is 4.27. The van der Waals surface area contributed by atoms with Crippen LogP contribution in [0.15, 0.2) is 53.4 Å². The minimum absolute atomic E-state index is 0.0290. The Labute approximate surface area is 171 Å². The second-order valence-corrected chi connectivity index (χ2v) is 8.54. The third-order valence-corrected chi connectivity index (χ3v) is 6.41. The van der Waals surface area contributed by atoms with Gasteiger partial charge in [0.1, 0.15) is 5.75 Å². The van der Waals surface area contributed by atoms with Crippen molar-refractivity contribution < 1.29 is 17.9 Å². The molecule has 1 amide bonds. The minimum Gasteiger partial charge on any atom is -0.492 e. The summed E-state index contributed by atoms with van der Waals surface area (Å²) in [5, 5.41) is 0.214. The highest BCUT2D eigenvalue weighted by Gasteiger charge is 2.27. The van der Waals surface area contributed by atoms with E-state index in [4.69, 9.17) is 16.3 Å². The van der Waals surface area contributed by atoms with Crippen LogP contribution in [-0.2, 0) is 21.4 Å². The van der Waals surface area contributed by atoms with Crippen molar-refractivity contribution in [1.82, 2.24) is 9.21 Å². The first-order valence-electron chi connectivity index (χ1n) is 9.00. The van der Waals surface area contributed by atoms with Gasteiger partial charge >= 0.3 is 0 Å². The molecule has 0 aliphatic rings. The number of halogens is 1. The van der Waals surface area contributed by atoms with Crippen LogP contribution in [0.3, 0.4) is 0 Å². The maximum Gasteiger partial charge on any atom is 0.243 e. The van der Waals surface area contributed by atoms with E-state index in [9.17, 15) is 13.2 Å². The van der Waals surface area contributed by atoms with Crippen molar-refractivity contribution in [3.05, 3.63) is 59.1 Å². The van der Waals surface area contributed by atoms with Crippen LogP contribution in [-0.4, -0.2) is 50.3 Å². The van der Waals surface area contributed by atoms with E-state index in [2.05, 4.69) is 0 Å². The number of hydrogen-bond donors (Lipinski definition) is 0. The normalized spacial score (nSPS) is 11.5. The lowest BCUT2D eigenvalue weighted by molar-refractivity contribution is -0.130. The SMILES string of the molecule is CCOc1ccc(S(=O)(=O)N(CC)CC(=O)N(C)Cc2ccccc2)cc1Cl. The molecule has 0 atom stereocenters. The van der Waals surface area contributed by atoms with E-state index >= 15 is 0 Å². The van der Waals surface area contributed by atoms with Crippen LogP contribution in [0.1, 0.15) is 19.4 Å². The molecule has 2 aromatic rings. The lowest BCUT2D eigenvalue weighted by atomic mass is 10.2. The van der Waals surface area contributed by atoms with Crippen LogP contribution in [0.4, 0.5) is 0 Å². The quantitative estimate of drug-likeness (QED) is 0.618. The molecule has 0 fully saturated rings. The third-order valence-electron chi connectivity index (χ3n) is 4.19. The fourth-order valence-corrected chi connectivity index (χ4v) is 4.37. The van der Waals surface area contributed by atoms with Crippen molar-refractivity contribution in [3.8, 4) is 5.75 Å². The highest BCUT2D eigenvalue weighted by molar-refractivity contribution is 7.89. The molecule has 8 heteroatoms. The summed E-state index contributed by atoms with van der Waals surface area (Å²) in [5.41, 5.74) is 0.975. The molecule has 0 bridgehead atoms. The maximum absolute atomic E-state index is 13.0. The van der Waals surface area contributed by atoms with Gasteiger partial charge in [-0.3, -0.25) is 4.79 Å². The largest absolute Gasteiger partial charge is 0.492 e. The first-order valence-corrected chi connectivity index (χ1v) is 10.8. The zero-order valence-corrected chi connectivity index (χ0v) is 17.8.